The number of carbonyl (C=O) groups is 5. The largest absolute Gasteiger partial charge is 0.454 e. The lowest BCUT2D eigenvalue weighted by Gasteiger charge is -2.21. The molecule has 0 bridgehead atoms. The normalized spacial score (nSPS) is 22.6. The van der Waals surface area contributed by atoms with Crippen LogP contribution in [0.3, 0.4) is 0 Å². The zero-order chi connectivity index (χ0) is 19.3. The highest BCUT2D eigenvalue weighted by atomic mass is 16.5. The minimum absolute atomic E-state index is 0.223. The second-order valence-electron chi connectivity index (χ2n) is 6.22. The Kier molecular flexibility index (Phi) is 6.48. The highest BCUT2D eigenvalue weighted by molar-refractivity contribution is 6.08. The van der Waals surface area contributed by atoms with Crippen molar-refractivity contribution in [1.29, 1.82) is 0 Å². The van der Waals surface area contributed by atoms with E-state index >= 15 is 0 Å². The Morgan fingerprint density at radius 2 is 1.69 bits per heavy atom. The van der Waals surface area contributed by atoms with Gasteiger partial charge in [-0.1, -0.05) is 12.2 Å². The number of carbonyl (C=O) groups excluding carboxylic acids is 5. The molecule has 0 unspecified atom stereocenters. The van der Waals surface area contributed by atoms with Crippen molar-refractivity contribution >= 4 is 29.6 Å². The molecule has 9 nitrogen and oxygen atoms in total. The predicted molar refractivity (Wildman–Crippen MR) is 89.3 cm³/mol. The molecule has 2 aliphatic rings. The smallest absolute Gasteiger partial charge is 0.329 e. The first-order chi connectivity index (χ1) is 12.4. The number of amides is 4. The van der Waals surface area contributed by atoms with Crippen molar-refractivity contribution in [3.63, 3.8) is 0 Å². The van der Waals surface area contributed by atoms with Crippen molar-refractivity contribution in [1.82, 2.24) is 15.5 Å². The molecule has 2 N–H and O–H groups in total. The number of rotatable bonds is 7. The SMILES string of the molecule is CCNC(=O)CNC(=O)COC(=O)[C@H](C)N1C(=O)[C@@H]2CC=CC[C@H]2C1=O. The number of esters is 1. The van der Waals surface area contributed by atoms with Gasteiger partial charge in [-0.2, -0.15) is 0 Å². The van der Waals surface area contributed by atoms with E-state index in [1.165, 1.54) is 6.92 Å². The Bertz CT molecular complexity index is 618. The number of imide groups is 1. The van der Waals surface area contributed by atoms with Crippen LogP contribution in [0.15, 0.2) is 12.2 Å². The highest BCUT2D eigenvalue weighted by Crippen LogP contribution is 2.36. The molecule has 1 heterocycles. The predicted octanol–water partition coefficient (Wildman–Crippen LogP) is -0.878. The lowest BCUT2D eigenvalue weighted by atomic mass is 9.85. The van der Waals surface area contributed by atoms with Crippen molar-refractivity contribution in [2.24, 2.45) is 11.8 Å². The first-order valence-electron chi connectivity index (χ1n) is 8.58. The molecule has 0 aromatic carbocycles. The Balaban J connectivity index is 1.84. The number of likely N-dealkylation sites (tertiary alicyclic amines) is 1. The molecule has 1 fully saturated rings. The molecule has 26 heavy (non-hydrogen) atoms. The molecular weight excluding hydrogens is 342 g/mol. The summed E-state index contributed by atoms with van der Waals surface area (Å²) in [6.07, 6.45) is 4.68. The molecule has 1 saturated heterocycles. The minimum Gasteiger partial charge on any atom is -0.454 e. The number of fused-ring (bicyclic) bond motifs is 1. The maximum atomic E-state index is 12.4. The maximum Gasteiger partial charge on any atom is 0.329 e. The summed E-state index contributed by atoms with van der Waals surface area (Å²) in [5, 5.41) is 4.81. The number of hydrogen-bond donors (Lipinski definition) is 2. The maximum absolute atomic E-state index is 12.4. The third-order valence-electron chi connectivity index (χ3n) is 4.44. The molecular formula is C17H23N3O6. The van der Waals surface area contributed by atoms with Gasteiger partial charge in [0.15, 0.2) is 6.61 Å². The molecule has 9 heteroatoms. The summed E-state index contributed by atoms with van der Waals surface area (Å²) in [4.78, 5) is 60.7. The van der Waals surface area contributed by atoms with Crippen LogP contribution in [-0.2, 0) is 28.7 Å². The van der Waals surface area contributed by atoms with Crippen molar-refractivity contribution in [3.8, 4) is 0 Å². The second-order valence-corrected chi connectivity index (χ2v) is 6.22. The molecule has 1 aliphatic carbocycles. The van der Waals surface area contributed by atoms with E-state index in [9.17, 15) is 24.0 Å². The van der Waals surface area contributed by atoms with E-state index in [2.05, 4.69) is 10.6 Å². The van der Waals surface area contributed by atoms with Crippen LogP contribution in [0.1, 0.15) is 26.7 Å². The Morgan fingerprint density at radius 1 is 1.12 bits per heavy atom. The summed E-state index contributed by atoms with van der Waals surface area (Å²) in [6, 6.07) is -1.10. The minimum atomic E-state index is -1.10. The molecule has 1 aliphatic heterocycles. The summed E-state index contributed by atoms with van der Waals surface area (Å²) in [7, 11) is 0. The van der Waals surface area contributed by atoms with Crippen LogP contribution >= 0.6 is 0 Å². The highest BCUT2D eigenvalue weighted by Gasteiger charge is 2.50. The fourth-order valence-corrected chi connectivity index (χ4v) is 3.06. The topological polar surface area (TPSA) is 122 Å². The van der Waals surface area contributed by atoms with Gasteiger partial charge in [0.1, 0.15) is 6.04 Å². The van der Waals surface area contributed by atoms with E-state index in [0.29, 0.717) is 19.4 Å². The molecule has 142 valence electrons. The van der Waals surface area contributed by atoms with E-state index in [1.807, 2.05) is 12.2 Å². The van der Waals surface area contributed by atoms with E-state index in [-0.39, 0.29) is 24.3 Å². The van der Waals surface area contributed by atoms with Gasteiger partial charge >= 0.3 is 5.97 Å². The van der Waals surface area contributed by atoms with Gasteiger partial charge in [-0.15, -0.1) is 0 Å². The van der Waals surface area contributed by atoms with Gasteiger partial charge in [0.2, 0.25) is 17.7 Å². The number of ether oxygens (including phenoxy) is 1. The molecule has 0 saturated carbocycles. The van der Waals surface area contributed by atoms with Crippen LogP contribution in [-0.4, -0.2) is 60.2 Å². The number of hydrogen-bond acceptors (Lipinski definition) is 6. The molecule has 0 aromatic rings. The average molecular weight is 365 g/mol. The second kappa shape index (κ2) is 8.59. The number of nitrogens with one attached hydrogen (secondary N) is 2. The van der Waals surface area contributed by atoms with Crippen LogP contribution in [0, 0.1) is 11.8 Å². The fraction of sp³-hybridized carbons (Fsp3) is 0.588. The number of nitrogens with zero attached hydrogens (tertiary/aromatic N) is 1. The van der Waals surface area contributed by atoms with E-state index in [0.717, 1.165) is 4.90 Å². The molecule has 0 radical (unpaired) electrons. The van der Waals surface area contributed by atoms with Gasteiger partial charge in [-0.3, -0.25) is 24.1 Å². The Morgan fingerprint density at radius 3 is 2.23 bits per heavy atom. The molecule has 0 spiro atoms. The van der Waals surface area contributed by atoms with Crippen LogP contribution in [0.5, 0.6) is 0 Å². The van der Waals surface area contributed by atoms with Gasteiger partial charge < -0.3 is 15.4 Å². The summed E-state index contributed by atoms with van der Waals surface area (Å²) >= 11 is 0. The zero-order valence-corrected chi connectivity index (χ0v) is 14.8. The fourth-order valence-electron chi connectivity index (χ4n) is 3.06. The number of likely N-dealkylation sites (N-methyl/N-ethyl adjacent to an activating group) is 1. The van der Waals surface area contributed by atoms with Crippen molar-refractivity contribution in [2.75, 3.05) is 19.7 Å². The standard InChI is InChI=1S/C17H23N3O6/c1-3-18-13(21)8-19-14(22)9-26-17(25)10(2)20-15(23)11-6-4-5-7-12(11)16(20)24/h4-5,10-12H,3,6-9H2,1-2H3,(H,18,21)(H,19,22)/t10-,11+,12+/m0/s1. The lowest BCUT2D eigenvalue weighted by Crippen LogP contribution is -2.45. The van der Waals surface area contributed by atoms with Crippen molar-refractivity contribution in [3.05, 3.63) is 12.2 Å². The lowest BCUT2D eigenvalue weighted by molar-refractivity contribution is -0.159. The van der Waals surface area contributed by atoms with E-state index in [4.69, 9.17) is 4.74 Å². The van der Waals surface area contributed by atoms with Crippen molar-refractivity contribution < 1.29 is 28.7 Å². The van der Waals surface area contributed by atoms with Gasteiger partial charge in [0.25, 0.3) is 5.91 Å². The molecule has 3 atom stereocenters. The van der Waals surface area contributed by atoms with Crippen molar-refractivity contribution in [2.45, 2.75) is 32.7 Å². The van der Waals surface area contributed by atoms with E-state index < -0.39 is 36.4 Å². The molecule has 0 aromatic heterocycles. The van der Waals surface area contributed by atoms with Gasteiger partial charge in [-0.25, -0.2) is 4.79 Å². The summed E-state index contributed by atoms with van der Waals surface area (Å²) < 4.78 is 4.88. The third kappa shape index (κ3) is 4.27. The van der Waals surface area contributed by atoms with Gasteiger partial charge in [-0.05, 0) is 26.7 Å². The number of allylic oxidation sites excluding steroid dienone is 2. The monoisotopic (exact) mass is 365 g/mol. The Labute approximate surface area is 151 Å². The van der Waals surface area contributed by atoms with Gasteiger partial charge in [0.05, 0.1) is 18.4 Å². The molecule has 2 rings (SSSR count). The summed E-state index contributed by atoms with van der Waals surface area (Å²) in [5.74, 6) is -3.46. The van der Waals surface area contributed by atoms with E-state index in [1.54, 1.807) is 6.92 Å². The Hall–Kier alpha value is -2.71. The van der Waals surface area contributed by atoms with Crippen LogP contribution in [0.25, 0.3) is 0 Å². The summed E-state index contributed by atoms with van der Waals surface area (Å²) in [5.41, 5.74) is 0. The summed E-state index contributed by atoms with van der Waals surface area (Å²) in [6.45, 7) is 2.77. The quantitative estimate of drug-likeness (QED) is 0.343. The zero-order valence-electron chi connectivity index (χ0n) is 14.8. The first kappa shape index (κ1) is 19.6. The van der Waals surface area contributed by atoms with Crippen LogP contribution in [0.2, 0.25) is 0 Å². The first-order valence-corrected chi connectivity index (χ1v) is 8.58. The molecule has 4 amide bonds. The van der Waals surface area contributed by atoms with Gasteiger partial charge in [0, 0.05) is 6.54 Å². The van der Waals surface area contributed by atoms with Crippen LogP contribution < -0.4 is 10.6 Å². The third-order valence-corrected chi connectivity index (χ3v) is 4.44. The van der Waals surface area contributed by atoms with Crippen LogP contribution in [0.4, 0.5) is 0 Å². The average Bonchev–Trinajstić information content (AvgIpc) is 2.88.